The second-order valence-electron chi connectivity index (χ2n) is 18.3. The van der Waals surface area contributed by atoms with Crippen molar-refractivity contribution in [1.29, 1.82) is 0 Å². The van der Waals surface area contributed by atoms with Crippen LogP contribution < -0.4 is 21.7 Å². The van der Waals surface area contributed by atoms with E-state index in [1.807, 2.05) is 118 Å². The molecule has 0 aliphatic carbocycles. The zero-order valence-corrected chi connectivity index (χ0v) is 42.4. The topological polar surface area (TPSA) is 150 Å². The van der Waals surface area contributed by atoms with E-state index in [-0.39, 0.29) is 12.8 Å². The van der Waals surface area contributed by atoms with Gasteiger partial charge in [-0.3, -0.25) is 9.13 Å². The molecule has 75 heavy (non-hydrogen) atoms. The minimum atomic E-state index is -0.541. The number of carbonyl (C=O) groups is 1. The summed E-state index contributed by atoms with van der Waals surface area (Å²) in [5, 5.41) is 10.0. The fourth-order valence-corrected chi connectivity index (χ4v) is 9.04. The maximum absolute atomic E-state index is 12.1. The molecule has 2 aliphatic rings. The lowest BCUT2D eigenvalue weighted by molar-refractivity contribution is 0.0523. The van der Waals surface area contributed by atoms with Crippen LogP contribution in [0.15, 0.2) is 194 Å². The Hall–Kier alpha value is -8.55. The van der Waals surface area contributed by atoms with Crippen LogP contribution in [0.4, 0.5) is 27.8 Å². The molecule has 6 aromatic carbocycles. The predicted octanol–water partition coefficient (Wildman–Crippen LogP) is 15.2. The van der Waals surface area contributed by atoms with E-state index in [0.717, 1.165) is 113 Å². The number of pyridine rings is 2. The molecule has 5 N–H and O–H groups in total. The monoisotopic (exact) mass is 1030 g/mol. The van der Waals surface area contributed by atoms with Gasteiger partial charge in [0.15, 0.2) is 11.6 Å². The number of alkyl carbamates (subject to hydrolysis) is 1. The van der Waals surface area contributed by atoms with Crippen LogP contribution in [0.5, 0.6) is 0 Å². The van der Waals surface area contributed by atoms with Crippen LogP contribution in [0.2, 0.25) is 0 Å². The molecule has 0 bridgehead atoms. The van der Waals surface area contributed by atoms with E-state index in [1.165, 1.54) is 0 Å². The fraction of sp³-hybridized carbons (Fsp3) is 0.131. The second-order valence-corrected chi connectivity index (χ2v) is 19.1. The predicted molar refractivity (Wildman–Crippen MR) is 306 cm³/mol. The highest BCUT2D eigenvalue weighted by Crippen LogP contribution is 2.46. The first-order chi connectivity index (χ1) is 36.1. The molecule has 0 spiro atoms. The number of fused-ring (bicyclic) bond motifs is 10. The van der Waals surface area contributed by atoms with Crippen LogP contribution in [0.3, 0.4) is 0 Å². The molecule has 4 aromatic heterocycles. The molecule has 0 saturated heterocycles. The maximum Gasteiger partial charge on any atom is 0.407 e. The summed E-state index contributed by atoms with van der Waals surface area (Å²) in [5.74, 6) is 3.29. The number of nitrogens with zero attached hydrogens (tertiary/aromatic N) is 6. The number of hydrogen-bond donors (Lipinski definition) is 4. The molecule has 2 aliphatic heterocycles. The van der Waals surface area contributed by atoms with Crippen LogP contribution in [0.25, 0.3) is 79.2 Å². The van der Waals surface area contributed by atoms with Crippen molar-refractivity contribution < 1.29 is 9.53 Å². The van der Waals surface area contributed by atoms with Gasteiger partial charge >= 0.3 is 6.09 Å². The molecular formula is C61H56Cl2N10O2. The summed E-state index contributed by atoms with van der Waals surface area (Å²) in [6.45, 7) is 6.43. The summed E-state index contributed by atoms with van der Waals surface area (Å²) in [7, 11) is 0. The lowest BCUT2D eigenvalue weighted by Crippen LogP contribution is -2.32. The van der Waals surface area contributed by atoms with Crippen molar-refractivity contribution in [2.45, 2.75) is 46.9 Å². The Kier molecular flexibility index (Phi) is 15.5. The number of hydrogen-bond acceptors (Lipinski definition) is 9. The summed E-state index contributed by atoms with van der Waals surface area (Å²) in [6, 6.07) is 61.6. The zero-order chi connectivity index (χ0) is 51.2. The third-order valence-electron chi connectivity index (χ3n) is 12.3. The highest BCUT2D eigenvalue weighted by molar-refractivity contribution is 6.40. The average Bonchev–Trinajstić information content (AvgIpc) is 4.01. The van der Waals surface area contributed by atoms with E-state index in [2.05, 4.69) is 126 Å². The summed E-state index contributed by atoms with van der Waals surface area (Å²) >= 11 is 9.53. The Bertz CT molecular complexity index is 3580. The van der Waals surface area contributed by atoms with Gasteiger partial charge in [-0.2, -0.15) is 0 Å². The molecule has 376 valence electrons. The van der Waals surface area contributed by atoms with Crippen LogP contribution in [0.1, 0.15) is 39.3 Å². The minimum Gasteiger partial charge on any atom is -0.444 e. The third-order valence-corrected chi connectivity index (χ3v) is 12.3. The number of benzene rings is 6. The van der Waals surface area contributed by atoms with E-state index in [1.54, 1.807) is 6.20 Å². The number of para-hydroxylation sites is 2. The number of ether oxygens (including phenoxy) is 1. The van der Waals surface area contributed by atoms with Gasteiger partial charge in [0.1, 0.15) is 17.2 Å². The Morgan fingerprint density at radius 2 is 0.973 bits per heavy atom. The number of carbonyl (C=O) groups excluding carboxylic acids is 1. The van der Waals surface area contributed by atoms with Crippen molar-refractivity contribution in [3.05, 3.63) is 206 Å². The van der Waals surface area contributed by atoms with Gasteiger partial charge in [-0.15, -0.1) is 23.2 Å². The van der Waals surface area contributed by atoms with E-state index in [9.17, 15) is 4.79 Å². The average molecular weight is 1030 g/mol. The summed E-state index contributed by atoms with van der Waals surface area (Å²) in [6.07, 6.45) is 3.17. The van der Waals surface area contributed by atoms with Crippen molar-refractivity contribution in [2.75, 3.05) is 16.0 Å². The Labute approximate surface area is 447 Å². The molecule has 0 saturated carbocycles. The SMILES string of the molecule is C.CC(C)(C)OC(=O)NCc1ccc(-c2c(-c3ccccc3)nc3n2-c2cccnc2Nc2ccccc2-3)cc1.ClCCl.NCc1ccc(-c2c(-c3ccccc3)nc3n2-c2cccnc2Nc2ccccc2-3)cc1. The zero-order valence-electron chi connectivity index (χ0n) is 40.9. The van der Waals surface area contributed by atoms with E-state index < -0.39 is 11.7 Å². The molecular weight excluding hydrogens is 976 g/mol. The molecule has 1 amide bonds. The number of imidazole rings is 2. The van der Waals surface area contributed by atoms with E-state index in [4.69, 9.17) is 43.6 Å². The fourth-order valence-electron chi connectivity index (χ4n) is 9.04. The molecule has 12 nitrogen and oxygen atoms in total. The van der Waals surface area contributed by atoms with Gasteiger partial charge in [0.25, 0.3) is 0 Å². The third kappa shape index (κ3) is 10.9. The van der Waals surface area contributed by atoms with Gasteiger partial charge in [-0.05, 0) is 80.4 Å². The van der Waals surface area contributed by atoms with Gasteiger partial charge in [0, 0.05) is 58.9 Å². The first-order valence-corrected chi connectivity index (χ1v) is 25.2. The number of amides is 1. The quantitative estimate of drug-likeness (QED) is 0.114. The van der Waals surface area contributed by atoms with Crippen LogP contribution in [0, 0.1) is 0 Å². The summed E-state index contributed by atoms with van der Waals surface area (Å²) in [5.41, 5.74) is 21.2. The Morgan fingerprint density at radius 1 is 0.560 bits per heavy atom. The molecule has 0 fully saturated rings. The molecule has 10 aromatic rings. The second kappa shape index (κ2) is 22.7. The maximum atomic E-state index is 12.1. The number of aromatic nitrogens is 6. The Morgan fingerprint density at radius 3 is 1.40 bits per heavy atom. The van der Waals surface area contributed by atoms with Crippen molar-refractivity contribution in [2.24, 2.45) is 5.73 Å². The molecule has 12 rings (SSSR count). The first kappa shape index (κ1) is 51.4. The molecule has 0 radical (unpaired) electrons. The van der Waals surface area contributed by atoms with Crippen LogP contribution in [-0.2, 0) is 17.8 Å². The van der Waals surface area contributed by atoms with Gasteiger partial charge < -0.3 is 26.4 Å². The highest BCUT2D eigenvalue weighted by Gasteiger charge is 2.30. The normalized spacial score (nSPS) is 11.4. The van der Waals surface area contributed by atoms with Crippen molar-refractivity contribution in [3.63, 3.8) is 0 Å². The minimum absolute atomic E-state index is 0. The highest BCUT2D eigenvalue weighted by atomic mass is 35.5. The molecule has 14 heteroatoms. The first-order valence-electron chi connectivity index (χ1n) is 24.1. The number of halogens is 2. The van der Waals surface area contributed by atoms with Crippen molar-refractivity contribution in [1.82, 2.24) is 34.4 Å². The molecule has 6 heterocycles. The van der Waals surface area contributed by atoms with Gasteiger partial charge in [-0.25, -0.2) is 24.7 Å². The standard InChI is InChI=1S/C32H29N5O2.C27H21N5.CH2Cl2.CH4/c1-32(2,3)39-31(38)34-20-21-15-17-23(18-16-21)28-27(22-10-5-4-6-11-22)36-30-24-12-7-8-13-25(24)35-29-26(37(28)30)14-9-19-33-29;28-17-18-12-14-20(15-13-18)25-24(19-7-2-1-3-8-19)31-27-21-9-4-5-10-22(21)30-26-23(32(25)27)11-6-16-29-26;2-1-3;/h4-19H,20H2,1-3H3,(H,33,35)(H,34,38);1-16H,17,28H2,(H,29,30);1H2;1H4. The number of nitrogens with one attached hydrogen (secondary N) is 3. The number of anilines is 4. The van der Waals surface area contributed by atoms with E-state index >= 15 is 0 Å². The van der Waals surface area contributed by atoms with Crippen LogP contribution >= 0.6 is 23.2 Å². The number of rotatable bonds is 7. The number of alkyl halides is 2. The van der Waals surface area contributed by atoms with Crippen molar-refractivity contribution in [3.8, 4) is 79.2 Å². The summed E-state index contributed by atoms with van der Waals surface area (Å²) < 4.78 is 9.78. The van der Waals surface area contributed by atoms with Crippen molar-refractivity contribution >= 4 is 52.3 Å². The lowest BCUT2D eigenvalue weighted by Gasteiger charge is -2.19. The summed E-state index contributed by atoms with van der Waals surface area (Å²) in [4.78, 5) is 31.9. The smallest absolute Gasteiger partial charge is 0.407 e. The van der Waals surface area contributed by atoms with Gasteiger partial charge in [0.2, 0.25) is 0 Å². The molecule has 0 atom stereocenters. The molecule has 0 unspecified atom stereocenters. The lowest BCUT2D eigenvalue weighted by atomic mass is 10.0. The van der Waals surface area contributed by atoms with E-state index in [0.29, 0.717) is 13.1 Å². The van der Waals surface area contributed by atoms with Gasteiger partial charge in [-0.1, -0.05) is 141 Å². The largest absolute Gasteiger partial charge is 0.444 e. The van der Waals surface area contributed by atoms with Crippen LogP contribution in [-0.4, -0.2) is 46.1 Å². The Balaban J connectivity index is 0.000000175. The van der Waals surface area contributed by atoms with Gasteiger partial charge in [0.05, 0.1) is 50.9 Å². The number of nitrogens with two attached hydrogens (primary N) is 1.